The zero-order valence-electron chi connectivity index (χ0n) is 9.88. The van der Waals surface area contributed by atoms with Gasteiger partial charge in [-0.3, -0.25) is 0 Å². The van der Waals surface area contributed by atoms with Gasteiger partial charge in [-0.25, -0.2) is 0 Å². The number of nitrogens with one attached hydrogen (secondary N) is 1. The third kappa shape index (κ3) is 5.38. The second-order valence-electron chi connectivity index (χ2n) is 3.77. The molecule has 2 nitrogen and oxygen atoms in total. The van der Waals surface area contributed by atoms with Gasteiger partial charge in [-0.1, -0.05) is 46.0 Å². The normalized spacial score (nSPS) is 19.4. The van der Waals surface area contributed by atoms with E-state index >= 15 is 0 Å². The minimum absolute atomic E-state index is 0. The van der Waals surface area contributed by atoms with Gasteiger partial charge in [0.1, 0.15) is 6.29 Å². The van der Waals surface area contributed by atoms with Crippen LogP contribution >= 0.6 is 0 Å². The molecule has 1 N–H and O–H groups in total. The summed E-state index contributed by atoms with van der Waals surface area (Å²) in [6.07, 6.45) is 8.84. The van der Waals surface area contributed by atoms with E-state index in [1.54, 1.807) is 0 Å². The number of carbonyl (C=O) groups excluding carboxylic acids is 1. The first kappa shape index (κ1) is 13.6. The fraction of sp³-hybridized carbons (Fsp3) is 0.917. The van der Waals surface area contributed by atoms with Crippen molar-refractivity contribution in [2.24, 2.45) is 5.92 Å². The van der Waals surface area contributed by atoms with Crippen LogP contribution in [0.25, 0.3) is 0 Å². The summed E-state index contributed by atoms with van der Waals surface area (Å²) in [6, 6.07) is 0.0908. The summed E-state index contributed by atoms with van der Waals surface area (Å²) in [6.45, 7) is 4.00. The lowest BCUT2D eigenvalue weighted by Gasteiger charge is -2.23. The third-order valence-corrected chi connectivity index (χ3v) is 2.85. The van der Waals surface area contributed by atoms with Crippen molar-refractivity contribution in [1.82, 2.24) is 5.32 Å². The van der Waals surface area contributed by atoms with Crippen LogP contribution in [-0.2, 0) is 4.79 Å². The molecule has 0 aromatic carbocycles. The molecular weight excluding hydrogens is 174 g/mol. The molecule has 1 atom stereocenters. The predicted molar refractivity (Wildman–Crippen MR) is 63.6 cm³/mol. The van der Waals surface area contributed by atoms with Gasteiger partial charge in [-0.15, -0.1) is 0 Å². The summed E-state index contributed by atoms with van der Waals surface area (Å²) in [4.78, 5) is 10.5. The Balaban J connectivity index is 0. The Hall–Kier alpha value is -0.370. The van der Waals surface area contributed by atoms with Crippen molar-refractivity contribution in [3.63, 3.8) is 0 Å². The van der Waals surface area contributed by atoms with Gasteiger partial charge in [0, 0.05) is 1.43 Å². The molecule has 1 saturated carbocycles. The first-order valence-electron chi connectivity index (χ1n) is 5.99. The lowest BCUT2D eigenvalue weighted by Crippen LogP contribution is -2.29. The van der Waals surface area contributed by atoms with Crippen molar-refractivity contribution in [3.8, 4) is 0 Å². The minimum Gasteiger partial charge on any atom is -0.311 e. The Morgan fingerprint density at radius 2 is 1.93 bits per heavy atom. The Bertz CT molecular complexity index is 136. The van der Waals surface area contributed by atoms with Crippen LogP contribution in [0.2, 0.25) is 0 Å². The van der Waals surface area contributed by atoms with E-state index < -0.39 is 0 Å². The molecule has 1 aliphatic rings. The minimum atomic E-state index is 0. The maximum absolute atomic E-state index is 10.5. The molecule has 0 spiro atoms. The molecular formula is C12H27NO. The van der Waals surface area contributed by atoms with Crippen LogP contribution in [0.5, 0.6) is 0 Å². The van der Waals surface area contributed by atoms with E-state index in [-0.39, 0.29) is 7.47 Å². The smallest absolute Gasteiger partial charge is 0.136 e. The van der Waals surface area contributed by atoms with Crippen LogP contribution in [-0.4, -0.2) is 19.4 Å². The van der Waals surface area contributed by atoms with Gasteiger partial charge >= 0.3 is 0 Å². The molecule has 0 heterocycles. The second kappa shape index (κ2) is 9.20. The highest BCUT2D eigenvalue weighted by atomic mass is 16.1. The van der Waals surface area contributed by atoms with Gasteiger partial charge in [0.25, 0.3) is 0 Å². The summed E-state index contributed by atoms with van der Waals surface area (Å²) in [5.41, 5.74) is 0. The van der Waals surface area contributed by atoms with Gasteiger partial charge in [-0.2, -0.15) is 0 Å². The Morgan fingerprint density at radius 1 is 1.36 bits per heavy atom. The molecule has 0 aromatic heterocycles. The van der Waals surface area contributed by atoms with Gasteiger partial charge in [0.05, 0.1) is 6.04 Å². The fourth-order valence-electron chi connectivity index (χ4n) is 2.02. The average molecular weight is 201 g/mol. The van der Waals surface area contributed by atoms with Crippen LogP contribution in [0.1, 0.15) is 53.8 Å². The zero-order valence-corrected chi connectivity index (χ0v) is 9.88. The predicted octanol–water partition coefficient (Wildman–Crippen LogP) is 3.02. The molecule has 0 aromatic rings. The molecule has 0 unspecified atom stereocenters. The molecule has 0 saturated heterocycles. The summed E-state index contributed by atoms with van der Waals surface area (Å²) < 4.78 is 0. The number of aldehydes is 1. The van der Waals surface area contributed by atoms with Gasteiger partial charge in [-0.05, 0) is 19.4 Å². The molecule has 1 fully saturated rings. The first-order valence-corrected chi connectivity index (χ1v) is 5.99. The summed E-state index contributed by atoms with van der Waals surface area (Å²) in [5.74, 6) is 0.793. The summed E-state index contributed by atoms with van der Waals surface area (Å²) in [5, 5.41) is 3.03. The molecule has 1 rings (SSSR count). The molecule has 0 radical (unpaired) electrons. The van der Waals surface area contributed by atoms with Crippen molar-refractivity contribution in [2.75, 3.05) is 7.05 Å². The standard InChI is InChI=1S/C10H19NO.C2H6.H2/c1-11-10(8-12)7-9-5-3-2-4-6-9;1-2;/h8-11H,2-7H2,1H3;1-2H3;1H/t10-;;/m0../s1. The molecule has 0 aliphatic heterocycles. The quantitative estimate of drug-likeness (QED) is 0.708. The number of hydrogen-bond donors (Lipinski definition) is 1. The third-order valence-electron chi connectivity index (χ3n) is 2.85. The van der Waals surface area contributed by atoms with Gasteiger partial charge < -0.3 is 10.1 Å². The maximum Gasteiger partial charge on any atom is 0.136 e. The summed E-state index contributed by atoms with van der Waals surface area (Å²) in [7, 11) is 1.86. The van der Waals surface area contributed by atoms with E-state index in [4.69, 9.17) is 0 Å². The number of hydrogen-bond acceptors (Lipinski definition) is 2. The fourth-order valence-corrected chi connectivity index (χ4v) is 2.02. The van der Waals surface area contributed by atoms with E-state index in [1.807, 2.05) is 20.9 Å². The monoisotopic (exact) mass is 201 g/mol. The molecule has 2 heteroatoms. The lowest BCUT2D eigenvalue weighted by atomic mass is 9.85. The maximum atomic E-state index is 10.5. The SMILES string of the molecule is CC.CN[C@H](C=O)CC1CCCCC1.[HH]. The highest BCUT2D eigenvalue weighted by Gasteiger charge is 2.16. The van der Waals surface area contributed by atoms with Crippen LogP contribution in [0, 0.1) is 5.92 Å². The van der Waals surface area contributed by atoms with E-state index in [1.165, 1.54) is 32.1 Å². The van der Waals surface area contributed by atoms with Gasteiger partial charge in [0.15, 0.2) is 0 Å². The van der Waals surface area contributed by atoms with Crippen molar-refractivity contribution in [1.29, 1.82) is 0 Å². The zero-order chi connectivity index (χ0) is 10.8. The topological polar surface area (TPSA) is 29.1 Å². The second-order valence-corrected chi connectivity index (χ2v) is 3.77. The van der Waals surface area contributed by atoms with Crippen molar-refractivity contribution >= 4 is 6.29 Å². The van der Waals surface area contributed by atoms with Crippen LogP contribution in [0.4, 0.5) is 0 Å². The molecule has 86 valence electrons. The highest BCUT2D eigenvalue weighted by molar-refractivity contribution is 5.57. The van der Waals surface area contributed by atoms with Crippen molar-refractivity contribution < 1.29 is 6.22 Å². The Labute approximate surface area is 89.9 Å². The van der Waals surface area contributed by atoms with E-state index in [9.17, 15) is 4.79 Å². The van der Waals surface area contributed by atoms with Crippen LogP contribution in [0.15, 0.2) is 0 Å². The largest absolute Gasteiger partial charge is 0.311 e. The van der Waals surface area contributed by atoms with Crippen molar-refractivity contribution in [3.05, 3.63) is 0 Å². The van der Waals surface area contributed by atoms with E-state index in [2.05, 4.69) is 5.32 Å². The van der Waals surface area contributed by atoms with E-state index in [0.717, 1.165) is 18.6 Å². The van der Waals surface area contributed by atoms with Gasteiger partial charge in [0.2, 0.25) is 0 Å². The Morgan fingerprint density at radius 3 is 2.36 bits per heavy atom. The van der Waals surface area contributed by atoms with Crippen LogP contribution in [0.3, 0.4) is 0 Å². The lowest BCUT2D eigenvalue weighted by molar-refractivity contribution is -0.109. The molecule has 14 heavy (non-hydrogen) atoms. The molecule has 0 amide bonds. The Kier molecular flexibility index (Phi) is 8.95. The number of rotatable bonds is 4. The van der Waals surface area contributed by atoms with Crippen molar-refractivity contribution in [2.45, 2.75) is 58.4 Å². The molecule has 0 bridgehead atoms. The first-order chi connectivity index (χ1) is 6.86. The summed E-state index contributed by atoms with van der Waals surface area (Å²) >= 11 is 0. The number of likely N-dealkylation sites (N-methyl/N-ethyl adjacent to an activating group) is 1. The van der Waals surface area contributed by atoms with E-state index in [0.29, 0.717) is 0 Å². The number of carbonyl (C=O) groups is 1. The van der Waals surface area contributed by atoms with Crippen LogP contribution < -0.4 is 5.32 Å². The highest BCUT2D eigenvalue weighted by Crippen LogP contribution is 2.26. The molecule has 1 aliphatic carbocycles. The average Bonchev–Trinajstić information content (AvgIpc) is 2.30.